The van der Waals surface area contributed by atoms with Gasteiger partial charge in [0.25, 0.3) is 5.91 Å². The van der Waals surface area contributed by atoms with Gasteiger partial charge in [-0.25, -0.2) is 0 Å². The van der Waals surface area contributed by atoms with E-state index in [4.69, 9.17) is 0 Å². The second-order valence-electron chi connectivity index (χ2n) is 4.80. The Morgan fingerprint density at radius 1 is 1.44 bits per heavy atom. The summed E-state index contributed by atoms with van der Waals surface area (Å²) in [6.45, 7) is 2.83. The minimum absolute atomic E-state index is 0.177. The number of nitrogens with one attached hydrogen (secondary N) is 1. The largest absolute Gasteiger partial charge is 0.339 e. The van der Waals surface area contributed by atoms with E-state index in [2.05, 4.69) is 27.9 Å². The van der Waals surface area contributed by atoms with Gasteiger partial charge in [-0.1, -0.05) is 6.07 Å². The number of hydrogen-bond acceptors (Lipinski definition) is 2. The normalized spacial score (nSPS) is 16.9. The first-order chi connectivity index (χ1) is 8.70. The first-order valence-electron chi connectivity index (χ1n) is 6.40. The predicted molar refractivity (Wildman–Crippen MR) is 81.7 cm³/mol. The smallest absolute Gasteiger partial charge is 0.253 e. The third-order valence-electron chi connectivity index (χ3n) is 3.47. The maximum Gasteiger partial charge on any atom is 0.253 e. The Morgan fingerprint density at radius 3 is 2.78 bits per heavy atom. The van der Waals surface area contributed by atoms with Crippen molar-refractivity contribution in [1.82, 2.24) is 10.2 Å². The quantitative estimate of drug-likeness (QED) is 0.842. The lowest BCUT2D eigenvalue weighted by molar-refractivity contribution is 0.0691. The minimum Gasteiger partial charge on any atom is -0.339 e. The molecule has 0 radical (unpaired) electrons. The van der Waals surface area contributed by atoms with E-state index in [0.29, 0.717) is 0 Å². The molecule has 1 aromatic carbocycles. The van der Waals surface area contributed by atoms with Gasteiger partial charge in [0.15, 0.2) is 0 Å². The molecule has 1 amide bonds. The van der Waals surface area contributed by atoms with Crippen LogP contribution in [-0.2, 0) is 0 Å². The predicted octanol–water partition coefficient (Wildman–Crippen LogP) is 2.36. The van der Waals surface area contributed by atoms with Gasteiger partial charge in [-0.2, -0.15) is 0 Å². The Morgan fingerprint density at radius 2 is 2.17 bits per heavy atom. The van der Waals surface area contributed by atoms with Gasteiger partial charge in [-0.15, -0.1) is 0 Å². The van der Waals surface area contributed by atoms with Crippen molar-refractivity contribution in [3.8, 4) is 0 Å². The zero-order chi connectivity index (χ0) is 13.0. The summed E-state index contributed by atoms with van der Waals surface area (Å²) < 4.78 is 1.11. The van der Waals surface area contributed by atoms with Crippen LogP contribution >= 0.6 is 22.6 Å². The molecule has 1 fully saturated rings. The number of benzene rings is 1. The molecule has 0 saturated carbocycles. The number of amides is 1. The second kappa shape index (κ2) is 6.52. The van der Waals surface area contributed by atoms with Crippen molar-refractivity contribution >= 4 is 28.5 Å². The Kier molecular flexibility index (Phi) is 5.00. The number of likely N-dealkylation sites (tertiary alicyclic amines) is 1. The molecule has 0 aliphatic carbocycles. The minimum atomic E-state index is 0.177. The highest BCUT2D eigenvalue weighted by Crippen LogP contribution is 2.19. The molecule has 1 heterocycles. The summed E-state index contributed by atoms with van der Waals surface area (Å²) in [5.41, 5.74) is 0.814. The number of rotatable bonds is 3. The molecule has 2 rings (SSSR count). The molecule has 4 heteroatoms. The highest BCUT2D eigenvalue weighted by Gasteiger charge is 2.23. The first-order valence-corrected chi connectivity index (χ1v) is 7.48. The SMILES string of the molecule is CNCC1CCN(C(=O)c2cccc(I)c2)CC1. The fourth-order valence-electron chi connectivity index (χ4n) is 2.43. The molecule has 0 aromatic heterocycles. The van der Waals surface area contributed by atoms with Crippen molar-refractivity contribution in [3.05, 3.63) is 33.4 Å². The van der Waals surface area contributed by atoms with E-state index >= 15 is 0 Å². The van der Waals surface area contributed by atoms with Crippen molar-refractivity contribution in [2.75, 3.05) is 26.7 Å². The average molecular weight is 358 g/mol. The van der Waals surface area contributed by atoms with Gasteiger partial charge in [0, 0.05) is 22.2 Å². The van der Waals surface area contributed by atoms with Crippen LogP contribution in [0.25, 0.3) is 0 Å². The average Bonchev–Trinajstić information content (AvgIpc) is 2.39. The van der Waals surface area contributed by atoms with Crippen molar-refractivity contribution in [1.29, 1.82) is 0 Å². The third-order valence-corrected chi connectivity index (χ3v) is 4.14. The van der Waals surface area contributed by atoms with Crippen molar-refractivity contribution in [2.24, 2.45) is 5.92 Å². The van der Waals surface area contributed by atoms with Gasteiger partial charge in [0.2, 0.25) is 0 Å². The lowest BCUT2D eigenvalue weighted by atomic mass is 9.96. The molecule has 0 atom stereocenters. The molecule has 0 unspecified atom stereocenters. The molecule has 18 heavy (non-hydrogen) atoms. The van der Waals surface area contributed by atoms with E-state index in [1.807, 2.05) is 36.2 Å². The molecular formula is C14H19IN2O. The molecule has 1 saturated heterocycles. The van der Waals surface area contributed by atoms with Gasteiger partial charge < -0.3 is 10.2 Å². The molecule has 98 valence electrons. The van der Waals surface area contributed by atoms with Crippen LogP contribution in [0.15, 0.2) is 24.3 Å². The van der Waals surface area contributed by atoms with Crippen LogP contribution in [0.4, 0.5) is 0 Å². The molecule has 1 aliphatic rings. The summed E-state index contributed by atoms with van der Waals surface area (Å²) in [5.74, 6) is 0.895. The van der Waals surface area contributed by atoms with E-state index in [-0.39, 0.29) is 5.91 Å². The fraction of sp³-hybridized carbons (Fsp3) is 0.500. The van der Waals surface area contributed by atoms with Gasteiger partial charge in [0.05, 0.1) is 0 Å². The van der Waals surface area contributed by atoms with E-state index in [0.717, 1.165) is 47.5 Å². The van der Waals surface area contributed by atoms with Crippen LogP contribution in [0, 0.1) is 9.49 Å². The monoisotopic (exact) mass is 358 g/mol. The summed E-state index contributed by atoms with van der Waals surface area (Å²) in [5, 5.41) is 3.22. The Hall–Kier alpha value is -0.620. The summed E-state index contributed by atoms with van der Waals surface area (Å²) >= 11 is 2.24. The summed E-state index contributed by atoms with van der Waals surface area (Å²) in [7, 11) is 1.99. The van der Waals surface area contributed by atoms with Crippen LogP contribution < -0.4 is 5.32 Å². The molecule has 0 spiro atoms. The van der Waals surface area contributed by atoms with Crippen molar-refractivity contribution in [3.63, 3.8) is 0 Å². The third kappa shape index (κ3) is 3.45. The van der Waals surface area contributed by atoms with Crippen molar-refractivity contribution in [2.45, 2.75) is 12.8 Å². The molecule has 0 bridgehead atoms. The van der Waals surface area contributed by atoms with E-state index in [1.165, 1.54) is 0 Å². The summed E-state index contributed by atoms with van der Waals surface area (Å²) in [4.78, 5) is 14.3. The number of hydrogen-bond donors (Lipinski definition) is 1. The van der Waals surface area contributed by atoms with Crippen LogP contribution in [0.5, 0.6) is 0 Å². The Bertz CT molecular complexity index is 414. The topological polar surface area (TPSA) is 32.3 Å². The molecule has 1 aromatic rings. The van der Waals surface area contributed by atoms with Gasteiger partial charge in [-0.05, 0) is 73.1 Å². The number of carbonyl (C=O) groups is 1. The highest BCUT2D eigenvalue weighted by atomic mass is 127. The van der Waals surface area contributed by atoms with E-state index in [9.17, 15) is 4.79 Å². The number of carbonyl (C=O) groups excluding carboxylic acids is 1. The van der Waals surface area contributed by atoms with Crippen LogP contribution in [0.3, 0.4) is 0 Å². The van der Waals surface area contributed by atoms with Gasteiger partial charge >= 0.3 is 0 Å². The van der Waals surface area contributed by atoms with E-state index < -0.39 is 0 Å². The van der Waals surface area contributed by atoms with Crippen LogP contribution in [0.2, 0.25) is 0 Å². The fourth-order valence-corrected chi connectivity index (χ4v) is 2.98. The number of halogens is 1. The summed E-state index contributed by atoms with van der Waals surface area (Å²) in [6, 6.07) is 7.83. The molecule has 3 nitrogen and oxygen atoms in total. The lowest BCUT2D eigenvalue weighted by Crippen LogP contribution is -2.40. The number of piperidine rings is 1. The molecule has 1 N–H and O–H groups in total. The maximum absolute atomic E-state index is 12.3. The lowest BCUT2D eigenvalue weighted by Gasteiger charge is -2.32. The summed E-state index contributed by atoms with van der Waals surface area (Å²) in [6.07, 6.45) is 2.22. The highest BCUT2D eigenvalue weighted by molar-refractivity contribution is 14.1. The standard InChI is InChI=1S/C14H19IN2O/c1-16-10-11-5-7-17(8-6-11)14(18)12-3-2-4-13(15)9-12/h2-4,9,11,16H,5-8,10H2,1H3. The second-order valence-corrected chi connectivity index (χ2v) is 6.05. The zero-order valence-electron chi connectivity index (χ0n) is 10.7. The Labute approximate surface area is 122 Å². The van der Waals surface area contributed by atoms with E-state index in [1.54, 1.807) is 0 Å². The molecule has 1 aliphatic heterocycles. The van der Waals surface area contributed by atoms with Crippen LogP contribution in [0.1, 0.15) is 23.2 Å². The van der Waals surface area contributed by atoms with Gasteiger partial charge in [0.1, 0.15) is 0 Å². The van der Waals surface area contributed by atoms with Crippen LogP contribution in [-0.4, -0.2) is 37.5 Å². The zero-order valence-corrected chi connectivity index (χ0v) is 12.8. The molecular weight excluding hydrogens is 339 g/mol. The maximum atomic E-state index is 12.3. The first kappa shape index (κ1) is 13.8. The Balaban J connectivity index is 1.95. The number of nitrogens with zero attached hydrogens (tertiary/aromatic N) is 1. The van der Waals surface area contributed by atoms with Gasteiger partial charge in [-0.3, -0.25) is 4.79 Å². The van der Waals surface area contributed by atoms with Crippen molar-refractivity contribution < 1.29 is 4.79 Å².